The van der Waals surface area contributed by atoms with Gasteiger partial charge in [0.1, 0.15) is 10.6 Å². The Labute approximate surface area is 136 Å². The first-order valence-corrected chi connectivity index (χ1v) is 8.72. The van der Waals surface area contributed by atoms with Crippen molar-refractivity contribution in [2.45, 2.75) is 31.6 Å². The van der Waals surface area contributed by atoms with E-state index in [2.05, 4.69) is 12.2 Å². The quantitative estimate of drug-likeness (QED) is 0.823. The van der Waals surface area contributed by atoms with E-state index in [0.29, 0.717) is 5.69 Å². The summed E-state index contributed by atoms with van der Waals surface area (Å²) in [5, 5.41) is 2.60. The second-order valence-corrected chi connectivity index (χ2v) is 6.68. The molecule has 0 saturated carbocycles. The lowest BCUT2D eigenvalue weighted by Gasteiger charge is -2.08. The van der Waals surface area contributed by atoms with Gasteiger partial charge in [-0.2, -0.15) is 8.42 Å². The number of rotatable bonds is 6. The predicted octanol–water partition coefficient (Wildman–Crippen LogP) is 3.37. The summed E-state index contributed by atoms with van der Waals surface area (Å²) in [6.07, 6.45) is 1.91. The molecule has 0 atom stereocenters. The van der Waals surface area contributed by atoms with Crippen molar-refractivity contribution in [1.29, 1.82) is 0 Å². The topological polar surface area (TPSA) is 72.5 Å². The summed E-state index contributed by atoms with van der Waals surface area (Å²) in [4.78, 5) is 11.1. The number of aryl methyl sites for hydroxylation is 1. The Kier molecular flexibility index (Phi) is 5.39. The zero-order chi connectivity index (χ0) is 16.9. The van der Waals surface area contributed by atoms with Crippen LogP contribution in [0.1, 0.15) is 25.8 Å². The number of anilines is 1. The van der Waals surface area contributed by atoms with Gasteiger partial charge >= 0.3 is 10.1 Å². The highest BCUT2D eigenvalue weighted by Crippen LogP contribution is 2.21. The number of amides is 1. The standard InChI is InChI=1S/C17H19NO4S/c1-3-4-14-5-11-17(12-6-14)23(20,21)22-16-9-7-15(8-10-16)18-13(2)19/h5-12H,3-4H2,1-2H3,(H,18,19). The third kappa shape index (κ3) is 4.82. The summed E-state index contributed by atoms with van der Waals surface area (Å²) >= 11 is 0. The van der Waals surface area contributed by atoms with Gasteiger partial charge in [-0.15, -0.1) is 0 Å². The van der Waals surface area contributed by atoms with E-state index in [-0.39, 0.29) is 16.6 Å². The molecule has 6 heteroatoms. The van der Waals surface area contributed by atoms with Gasteiger partial charge in [0.2, 0.25) is 5.91 Å². The summed E-state index contributed by atoms with van der Waals surface area (Å²) in [6.45, 7) is 3.47. The fourth-order valence-electron chi connectivity index (χ4n) is 2.08. The van der Waals surface area contributed by atoms with E-state index >= 15 is 0 Å². The van der Waals surface area contributed by atoms with Gasteiger partial charge < -0.3 is 9.50 Å². The van der Waals surface area contributed by atoms with Crippen molar-refractivity contribution in [3.05, 3.63) is 54.1 Å². The first kappa shape index (κ1) is 17.0. The lowest BCUT2D eigenvalue weighted by molar-refractivity contribution is -0.114. The van der Waals surface area contributed by atoms with Crippen molar-refractivity contribution < 1.29 is 17.4 Å². The van der Waals surface area contributed by atoms with Crippen molar-refractivity contribution in [1.82, 2.24) is 0 Å². The van der Waals surface area contributed by atoms with Crippen LogP contribution in [0.3, 0.4) is 0 Å². The second kappa shape index (κ2) is 7.28. The molecule has 5 nitrogen and oxygen atoms in total. The summed E-state index contributed by atoms with van der Waals surface area (Å²) < 4.78 is 29.6. The summed E-state index contributed by atoms with van der Waals surface area (Å²) in [5.41, 5.74) is 1.66. The van der Waals surface area contributed by atoms with Gasteiger partial charge in [-0.1, -0.05) is 25.5 Å². The molecule has 0 heterocycles. The Bertz CT molecular complexity index is 765. The molecule has 1 amide bonds. The number of carbonyl (C=O) groups excluding carboxylic acids is 1. The molecule has 2 aromatic rings. The average Bonchev–Trinajstić information content (AvgIpc) is 2.49. The lowest BCUT2D eigenvalue weighted by Crippen LogP contribution is -2.10. The van der Waals surface area contributed by atoms with Crippen molar-refractivity contribution in [2.24, 2.45) is 0 Å². The van der Waals surface area contributed by atoms with Crippen LogP contribution < -0.4 is 9.50 Å². The van der Waals surface area contributed by atoms with Crippen LogP contribution in [-0.2, 0) is 21.3 Å². The monoisotopic (exact) mass is 333 g/mol. The minimum atomic E-state index is -3.87. The maximum absolute atomic E-state index is 12.2. The molecule has 122 valence electrons. The minimum Gasteiger partial charge on any atom is -0.379 e. The maximum atomic E-state index is 12.2. The van der Waals surface area contributed by atoms with E-state index in [1.807, 2.05) is 0 Å². The number of carbonyl (C=O) groups is 1. The highest BCUT2D eigenvalue weighted by atomic mass is 32.2. The maximum Gasteiger partial charge on any atom is 0.339 e. The number of nitrogens with one attached hydrogen (secondary N) is 1. The van der Waals surface area contributed by atoms with E-state index in [1.165, 1.54) is 19.1 Å². The van der Waals surface area contributed by atoms with Crippen molar-refractivity contribution in [3.63, 3.8) is 0 Å². The third-order valence-electron chi connectivity index (χ3n) is 3.13. The molecule has 23 heavy (non-hydrogen) atoms. The SMILES string of the molecule is CCCc1ccc(S(=O)(=O)Oc2ccc(NC(C)=O)cc2)cc1. The van der Waals surface area contributed by atoms with Gasteiger partial charge in [-0.25, -0.2) is 0 Å². The van der Waals surface area contributed by atoms with Crippen molar-refractivity contribution >= 4 is 21.7 Å². The van der Waals surface area contributed by atoms with Gasteiger partial charge in [-0.05, 0) is 48.4 Å². The molecule has 2 aromatic carbocycles. The summed E-state index contributed by atoms with van der Waals surface area (Å²) in [5.74, 6) is -0.00445. The van der Waals surface area contributed by atoms with Crippen LogP contribution in [0.4, 0.5) is 5.69 Å². The highest BCUT2D eigenvalue weighted by molar-refractivity contribution is 7.87. The van der Waals surface area contributed by atoms with Crippen LogP contribution in [0.2, 0.25) is 0 Å². The molecule has 0 aliphatic rings. The molecule has 1 N–H and O–H groups in total. The van der Waals surface area contributed by atoms with Crippen LogP contribution in [0, 0.1) is 0 Å². The first-order valence-electron chi connectivity index (χ1n) is 7.32. The van der Waals surface area contributed by atoms with Gasteiger partial charge in [0, 0.05) is 12.6 Å². The van der Waals surface area contributed by atoms with Crippen LogP contribution >= 0.6 is 0 Å². The molecule has 0 bridgehead atoms. The molecule has 0 aliphatic heterocycles. The highest BCUT2D eigenvalue weighted by Gasteiger charge is 2.16. The molecule has 0 spiro atoms. The van der Waals surface area contributed by atoms with Crippen LogP contribution in [0.15, 0.2) is 53.4 Å². The van der Waals surface area contributed by atoms with Gasteiger partial charge in [-0.3, -0.25) is 4.79 Å². The van der Waals surface area contributed by atoms with Gasteiger partial charge in [0.15, 0.2) is 0 Å². The number of benzene rings is 2. The normalized spacial score (nSPS) is 11.0. The van der Waals surface area contributed by atoms with E-state index in [0.717, 1.165) is 18.4 Å². The van der Waals surface area contributed by atoms with Gasteiger partial charge in [0.25, 0.3) is 0 Å². The molecule has 0 unspecified atom stereocenters. The van der Waals surface area contributed by atoms with Crippen LogP contribution in [0.5, 0.6) is 5.75 Å². The Balaban J connectivity index is 2.12. The Morgan fingerprint density at radius 2 is 1.65 bits per heavy atom. The Morgan fingerprint density at radius 3 is 2.17 bits per heavy atom. The van der Waals surface area contributed by atoms with Gasteiger partial charge in [0.05, 0.1) is 0 Å². The summed E-state index contributed by atoms with van der Waals surface area (Å²) in [6, 6.07) is 12.8. The molecule has 2 rings (SSSR count). The zero-order valence-electron chi connectivity index (χ0n) is 13.1. The Hall–Kier alpha value is -2.34. The predicted molar refractivity (Wildman–Crippen MR) is 89.0 cm³/mol. The smallest absolute Gasteiger partial charge is 0.339 e. The van der Waals surface area contributed by atoms with Crippen molar-refractivity contribution in [3.8, 4) is 5.75 Å². The lowest BCUT2D eigenvalue weighted by atomic mass is 10.1. The molecular weight excluding hydrogens is 314 g/mol. The average molecular weight is 333 g/mol. The van der Waals surface area contributed by atoms with Crippen molar-refractivity contribution in [2.75, 3.05) is 5.32 Å². The second-order valence-electron chi connectivity index (χ2n) is 5.14. The fraction of sp³-hybridized carbons (Fsp3) is 0.235. The van der Waals surface area contributed by atoms with E-state index in [9.17, 15) is 13.2 Å². The minimum absolute atomic E-state index is 0.114. The van der Waals surface area contributed by atoms with Crippen LogP contribution in [0.25, 0.3) is 0 Å². The van der Waals surface area contributed by atoms with E-state index in [1.54, 1.807) is 36.4 Å². The summed E-state index contributed by atoms with van der Waals surface area (Å²) in [7, 11) is -3.87. The molecule has 0 aliphatic carbocycles. The zero-order valence-corrected chi connectivity index (χ0v) is 13.9. The largest absolute Gasteiger partial charge is 0.379 e. The molecule has 0 fully saturated rings. The molecule has 0 saturated heterocycles. The fourth-order valence-corrected chi connectivity index (χ4v) is 3.01. The van der Waals surface area contributed by atoms with E-state index in [4.69, 9.17) is 4.18 Å². The van der Waals surface area contributed by atoms with E-state index < -0.39 is 10.1 Å². The number of hydrogen-bond acceptors (Lipinski definition) is 4. The molecule has 0 aromatic heterocycles. The number of hydrogen-bond donors (Lipinski definition) is 1. The Morgan fingerprint density at radius 1 is 1.04 bits per heavy atom. The van der Waals surface area contributed by atoms with Crippen LogP contribution in [-0.4, -0.2) is 14.3 Å². The first-order chi connectivity index (χ1) is 10.9. The third-order valence-corrected chi connectivity index (χ3v) is 4.39. The molecule has 0 radical (unpaired) electrons. The molecular formula is C17H19NO4S.